The summed E-state index contributed by atoms with van der Waals surface area (Å²) in [6.45, 7) is 0. The number of nitrogens with zero attached hydrogens (tertiary/aromatic N) is 1. The van der Waals surface area contributed by atoms with Crippen molar-refractivity contribution in [2.45, 2.75) is 0 Å². The van der Waals surface area contributed by atoms with Crippen molar-refractivity contribution in [1.29, 1.82) is 0 Å². The fourth-order valence-corrected chi connectivity index (χ4v) is 2.49. The van der Waals surface area contributed by atoms with E-state index >= 15 is 0 Å². The van der Waals surface area contributed by atoms with Crippen molar-refractivity contribution in [2.75, 3.05) is 12.4 Å². The Hall–Kier alpha value is -4.46. The van der Waals surface area contributed by atoms with E-state index in [2.05, 4.69) is 15.8 Å². The third-order valence-electron chi connectivity index (χ3n) is 4.06. The summed E-state index contributed by atoms with van der Waals surface area (Å²) in [6.07, 6.45) is 1.28. The number of hydrogen-bond donors (Lipinski definition) is 2. The Morgan fingerprint density at radius 1 is 0.839 bits per heavy atom. The van der Waals surface area contributed by atoms with Crippen LogP contribution in [0.3, 0.4) is 0 Å². The van der Waals surface area contributed by atoms with Crippen LogP contribution in [-0.2, 0) is 9.59 Å². The van der Waals surface area contributed by atoms with Crippen LogP contribution >= 0.6 is 0 Å². The van der Waals surface area contributed by atoms with E-state index in [0.717, 1.165) is 0 Å². The van der Waals surface area contributed by atoms with Crippen molar-refractivity contribution in [3.8, 4) is 11.5 Å². The fraction of sp³-hybridized carbons (Fsp3) is 0.0435. The highest BCUT2D eigenvalue weighted by Gasteiger charge is 2.13. The summed E-state index contributed by atoms with van der Waals surface area (Å²) >= 11 is 0. The Morgan fingerprint density at radius 3 is 2.23 bits per heavy atom. The molecule has 0 bridgehead atoms. The highest BCUT2D eigenvalue weighted by Crippen LogP contribution is 2.18. The number of anilines is 1. The lowest BCUT2D eigenvalue weighted by Gasteiger charge is -2.07. The summed E-state index contributed by atoms with van der Waals surface area (Å²) in [6, 6.07) is 21.7. The van der Waals surface area contributed by atoms with Crippen molar-refractivity contribution in [3.05, 3.63) is 90.0 Å². The fourth-order valence-electron chi connectivity index (χ4n) is 2.49. The first-order valence-corrected chi connectivity index (χ1v) is 9.21. The zero-order valence-corrected chi connectivity index (χ0v) is 16.6. The molecule has 0 aliphatic heterocycles. The zero-order chi connectivity index (χ0) is 22.1. The van der Waals surface area contributed by atoms with Crippen molar-refractivity contribution in [1.82, 2.24) is 5.43 Å². The van der Waals surface area contributed by atoms with E-state index in [-0.39, 0.29) is 5.75 Å². The summed E-state index contributed by atoms with van der Waals surface area (Å²) in [4.78, 5) is 36.2. The molecule has 0 saturated heterocycles. The van der Waals surface area contributed by atoms with Crippen LogP contribution in [0.25, 0.3) is 0 Å². The zero-order valence-electron chi connectivity index (χ0n) is 16.6. The first kappa shape index (κ1) is 21.3. The van der Waals surface area contributed by atoms with E-state index in [1.807, 2.05) is 0 Å². The number of esters is 1. The molecule has 0 unspecified atom stereocenters. The number of methoxy groups -OCH3 is 1. The summed E-state index contributed by atoms with van der Waals surface area (Å²) in [5, 5.41) is 6.22. The summed E-state index contributed by atoms with van der Waals surface area (Å²) in [5.74, 6) is -1.47. The Labute approximate surface area is 178 Å². The summed E-state index contributed by atoms with van der Waals surface area (Å²) in [5.41, 5.74) is 3.42. The normalized spacial score (nSPS) is 10.4. The van der Waals surface area contributed by atoms with Crippen LogP contribution < -0.4 is 20.2 Å². The van der Waals surface area contributed by atoms with Gasteiger partial charge in [0.2, 0.25) is 0 Å². The molecule has 0 radical (unpaired) electrons. The monoisotopic (exact) mass is 417 g/mol. The van der Waals surface area contributed by atoms with Gasteiger partial charge in [0, 0.05) is 11.3 Å². The lowest BCUT2D eigenvalue weighted by atomic mass is 10.2. The minimum Gasteiger partial charge on any atom is -0.497 e. The van der Waals surface area contributed by atoms with Crippen molar-refractivity contribution in [3.63, 3.8) is 0 Å². The van der Waals surface area contributed by atoms with Gasteiger partial charge in [0.05, 0.1) is 18.9 Å². The number of ether oxygens (including phenoxy) is 2. The van der Waals surface area contributed by atoms with Gasteiger partial charge >= 0.3 is 17.8 Å². The predicted molar refractivity (Wildman–Crippen MR) is 115 cm³/mol. The molecule has 0 heterocycles. The number of hydrogen-bond acceptors (Lipinski definition) is 6. The maximum absolute atomic E-state index is 12.3. The van der Waals surface area contributed by atoms with Crippen LogP contribution in [0.1, 0.15) is 15.9 Å². The molecule has 0 aromatic heterocycles. The van der Waals surface area contributed by atoms with Gasteiger partial charge in [0.25, 0.3) is 0 Å². The minimum atomic E-state index is -0.953. The second kappa shape index (κ2) is 10.4. The molecule has 0 aliphatic rings. The van der Waals surface area contributed by atoms with Gasteiger partial charge in [-0.3, -0.25) is 9.59 Å². The number of hydrazone groups is 1. The number of para-hydroxylation sites is 1. The van der Waals surface area contributed by atoms with Gasteiger partial charge in [0.15, 0.2) is 0 Å². The number of rotatable bonds is 6. The molecule has 8 nitrogen and oxygen atoms in total. The molecule has 156 valence electrons. The second-order valence-electron chi connectivity index (χ2n) is 6.18. The number of benzene rings is 3. The molecule has 0 fully saturated rings. The second-order valence-corrected chi connectivity index (χ2v) is 6.18. The summed E-state index contributed by atoms with van der Waals surface area (Å²) in [7, 11) is 1.53. The molecule has 3 aromatic carbocycles. The number of nitrogens with one attached hydrogen (secondary N) is 2. The Kier molecular flexibility index (Phi) is 7.10. The predicted octanol–water partition coefficient (Wildman–Crippen LogP) is 3.00. The van der Waals surface area contributed by atoms with Crippen LogP contribution in [0.2, 0.25) is 0 Å². The van der Waals surface area contributed by atoms with Crippen molar-refractivity contribution >= 4 is 29.7 Å². The SMILES string of the molecule is COc1ccc(NC(=O)C(=O)N/N=C/c2ccccc2OC(=O)c2ccccc2)cc1. The molecular formula is C23H19N3O5. The van der Waals surface area contributed by atoms with E-state index < -0.39 is 17.8 Å². The largest absolute Gasteiger partial charge is 0.497 e. The Bertz CT molecular complexity index is 1100. The quantitative estimate of drug-likeness (QED) is 0.211. The van der Waals surface area contributed by atoms with Crippen LogP contribution in [0, 0.1) is 0 Å². The summed E-state index contributed by atoms with van der Waals surface area (Å²) < 4.78 is 10.4. The van der Waals surface area contributed by atoms with Crippen molar-refractivity contribution in [2.24, 2.45) is 5.10 Å². The molecular weight excluding hydrogens is 398 g/mol. The van der Waals surface area contributed by atoms with Gasteiger partial charge in [-0.15, -0.1) is 0 Å². The third kappa shape index (κ3) is 6.01. The Balaban J connectivity index is 1.59. The molecule has 8 heteroatoms. The van der Waals surface area contributed by atoms with Crippen molar-refractivity contribution < 1.29 is 23.9 Å². The molecule has 3 aromatic rings. The molecule has 31 heavy (non-hydrogen) atoms. The van der Waals surface area contributed by atoms with E-state index in [1.54, 1.807) is 78.9 Å². The van der Waals surface area contributed by atoms with Gasteiger partial charge in [-0.25, -0.2) is 10.2 Å². The van der Waals surface area contributed by atoms with Crippen LogP contribution in [0.5, 0.6) is 11.5 Å². The lowest BCUT2D eigenvalue weighted by molar-refractivity contribution is -0.136. The van der Waals surface area contributed by atoms with E-state index in [4.69, 9.17) is 9.47 Å². The van der Waals surface area contributed by atoms with Gasteiger partial charge < -0.3 is 14.8 Å². The van der Waals surface area contributed by atoms with E-state index in [1.165, 1.54) is 13.3 Å². The molecule has 2 N–H and O–H groups in total. The Morgan fingerprint density at radius 2 is 1.52 bits per heavy atom. The average molecular weight is 417 g/mol. The first-order chi connectivity index (χ1) is 15.1. The van der Waals surface area contributed by atoms with Gasteiger partial charge in [-0.1, -0.05) is 30.3 Å². The van der Waals surface area contributed by atoms with Crippen LogP contribution in [0.4, 0.5) is 5.69 Å². The van der Waals surface area contributed by atoms with Crippen LogP contribution in [0.15, 0.2) is 84.0 Å². The van der Waals surface area contributed by atoms with Gasteiger partial charge in [-0.05, 0) is 48.5 Å². The molecule has 3 rings (SSSR count). The van der Waals surface area contributed by atoms with Gasteiger partial charge in [-0.2, -0.15) is 5.10 Å². The minimum absolute atomic E-state index is 0.261. The molecule has 2 amide bonds. The first-order valence-electron chi connectivity index (χ1n) is 9.21. The maximum Gasteiger partial charge on any atom is 0.343 e. The standard InChI is InChI=1S/C23H19N3O5/c1-30-19-13-11-18(12-14-19)25-21(27)22(28)26-24-15-17-9-5-6-10-20(17)31-23(29)16-7-3-2-4-8-16/h2-15H,1H3,(H,25,27)(H,26,28)/b24-15+. The molecule has 0 atom stereocenters. The number of amides is 2. The maximum atomic E-state index is 12.3. The topological polar surface area (TPSA) is 106 Å². The van der Waals surface area contributed by atoms with E-state index in [0.29, 0.717) is 22.6 Å². The smallest absolute Gasteiger partial charge is 0.343 e. The van der Waals surface area contributed by atoms with Gasteiger partial charge in [0.1, 0.15) is 11.5 Å². The lowest BCUT2D eigenvalue weighted by Crippen LogP contribution is -2.32. The average Bonchev–Trinajstić information content (AvgIpc) is 2.81. The van der Waals surface area contributed by atoms with Crippen LogP contribution in [-0.4, -0.2) is 31.1 Å². The van der Waals surface area contributed by atoms with E-state index in [9.17, 15) is 14.4 Å². The molecule has 0 spiro atoms. The molecule has 0 aliphatic carbocycles. The molecule has 0 saturated carbocycles. The highest BCUT2D eigenvalue weighted by atomic mass is 16.5. The number of carbonyl (C=O) groups excluding carboxylic acids is 3. The third-order valence-corrected chi connectivity index (χ3v) is 4.06. The number of carbonyl (C=O) groups is 3. The highest BCUT2D eigenvalue weighted by molar-refractivity contribution is 6.39.